The second kappa shape index (κ2) is 6.55. The van der Waals surface area contributed by atoms with E-state index in [9.17, 15) is 9.90 Å². The fourth-order valence-electron chi connectivity index (χ4n) is 2.17. The van der Waals surface area contributed by atoms with Gasteiger partial charge < -0.3 is 9.84 Å². The highest BCUT2D eigenvalue weighted by Gasteiger charge is 2.40. The molecule has 0 aromatic heterocycles. The summed E-state index contributed by atoms with van der Waals surface area (Å²) in [6.45, 7) is 5.60. The molecular weight excluding hydrogens is 228 g/mol. The molecule has 0 aliphatic heterocycles. The topological polar surface area (TPSA) is 46.5 Å². The van der Waals surface area contributed by atoms with Crippen LogP contribution in [0.15, 0.2) is 30.3 Å². The Morgan fingerprint density at radius 3 is 2.44 bits per heavy atom. The molecule has 0 saturated heterocycles. The van der Waals surface area contributed by atoms with Crippen LogP contribution >= 0.6 is 0 Å². The van der Waals surface area contributed by atoms with E-state index in [1.165, 1.54) is 0 Å². The lowest BCUT2D eigenvalue weighted by atomic mass is 9.80. The zero-order valence-electron chi connectivity index (χ0n) is 11.3. The molecule has 0 bridgehead atoms. The number of aliphatic hydroxyl groups is 1. The van der Waals surface area contributed by atoms with Gasteiger partial charge >= 0.3 is 5.97 Å². The number of hydrogen-bond donors (Lipinski definition) is 1. The molecular formula is C15H22O3. The van der Waals surface area contributed by atoms with Crippen LogP contribution in [0, 0.1) is 0 Å². The summed E-state index contributed by atoms with van der Waals surface area (Å²) in [4.78, 5) is 11.9. The van der Waals surface area contributed by atoms with Crippen molar-refractivity contribution in [3.05, 3.63) is 35.9 Å². The van der Waals surface area contributed by atoms with Crippen LogP contribution < -0.4 is 0 Å². The first-order chi connectivity index (χ1) is 8.54. The molecule has 3 nitrogen and oxygen atoms in total. The minimum atomic E-state index is -1.48. The van der Waals surface area contributed by atoms with Crippen LogP contribution in [0.3, 0.4) is 0 Å². The van der Waals surface area contributed by atoms with Gasteiger partial charge in [0.1, 0.15) is 0 Å². The first kappa shape index (κ1) is 14.7. The molecule has 0 amide bonds. The average molecular weight is 250 g/mol. The molecule has 1 aromatic rings. The number of rotatable bonds is 6. The molecule has 18 heavy (non-hydrogen) atoms. The molecule has 0 spiro atoms. The number of benzene rings is 1. The van der Waals surface area contributed by atoms with Gasteiger partial charge in [-0.1, -0.05) is 43.7 Å². The van der Waals surface area contributed by atoms with Crippen molar-refractivity contribution < 1.29 is 14.6 Å². The summed E-state index contributed by atoms with van der Waals surface area (Å²) in [5, 5.41) is 10.5. The Kier molecular flexibility index (Phi) is 5.35. The molecule has 100 valence electrons. The van der Waals surface area contributed by atoms with Gasteiger partial charge in [-0.15, -0.1) is 0 Å². The van der Waals surface area contributed by atoms with Crippen LogP contribution in [-0.4, -0.2) is 23.3 Å². The monoisotopic (exact) mass is 250 g/mol. The standard InChI is InChI=1S/C15H22O3/c1-4-9-13(12-10-7-6-8-11-12)15(3,17)14(16)18-5-2/h6-8,10-11,13,17H,4-5,9H2,1-3H3. The minimum Gasteiger partial charge on any atom is -0.464 e. The molecule has 1 N–H and O–H groups in total. The van der Waals surface area contributed by atoms with Crippen molar-refractivity contribution in [3.63, 3.8) is 0 Å². The third-order valence-electron chi connectivity index (χ3n) is 3.15. The molecule has 0 heterocycles. The van der Waals surface area contributed by atoms with E-state index in [1.807, 2.05) is 37.3 Å². The lowest BCUT2D eigenvalue weighted by Crippen LogP contribution is -2.43. The SMILES string of the molecule is CCCC(c1ccccc1)C(C)(O)C(=O)OCC. The highest BCUT2D eigenvalue weighted by molar-refractivity contribution is 5.80. The van der Waals surface area contributed by atoms with Gasteiger partial charge in [0.25, 0.3) is 0 Å². The number of carbonyl (C=O) groups is 1. The molecule has 1 rings (SSSR count). The van der Waals surface area contributed by atoms with Crippen molar-refractivity contribution in [3.8, 4) is 0 Å². The Morgan fingerprint density at radius 1 is 1.33 bits per heavy atom. The molecule has 0 radical (unpaired) electrons. The Labute approximate surface area is 109 Å². The van der Waals surface area contributed by atoms with Crippen molar-refractivity contribution in [2.75, 3.05) is 6.61 Å². The number of hydrogen-bond acceptors (Lipinski definition) is 3. The molecule has 2 atom stereocenters. The highest BCUT2D eigenvalue weighted by Crippen LogP contribution is 2.33. The van der Waals surface area contributed by atoms with Gasteiger partial charge in [0.05, 0.1) is 6.61 Å². The number of esters is 1. The Morgan fingerprint density at radius 2 is 1.94 bits per heavy atom. The quantitative estimate of drug-likeness (QED) is 0.790. The maximum absolute atomic E-state index is 11.9. The van der Waals surface area contributed by atoms with Gasteiger partial charge in [-0.3, -0.25) is 0 Å². The first-order valence-corrected chi connectivity index (χ1v) is 6.48. The number of carbonyl (C=O) groups excluding carboxylic acids is 1. The number of ether oxygens (including phenoxy) is 1. The van der Waals surface area contributed by atoms with Crippen LogP contribution in [0.2, 0.25) is 0 Å². The Bertz CT molecular complexity index is 371. The smallest absolute Gasteiger partial charge is 0.338 e. The second-order valence-electron chi connectivity index (χ2n) is 4.62. The highest BCUT2D eigenvalue weighted by atomic mass is 16.5. The van der Waals surface area contributed by atoms with Gasteiger partial charge in [0, 0.05) is 5.92 Å². The maximum atomic E-state index is 11.9. The van der Waals surface area contributed by atoms with Crippen molar-refractivity contribution in [2.24, 2.45) is 0 Å². The van der Waals surface area contributed by atoms with Gasteiger partial charge in [-0.2, -0.15) is 0 Å². The maximum Gasteiger partial charge on any atom is 0.338 e. The zero-order chi connectivity index (χ0) is 13.6. The van der Waals surface area contributed by atoms with Crippen LogP contribution in [0.5, 0.6) is 0 Å². The third kappa shape index (κ3) is 3.33. The predicted molar refractivity (Wildman–Crippen MR) is 71.3 cm³/mol. The van der Waals surface area contributed by atoms with Gasteiger partial charge in [-0.25, -0.2) is 4.79 Å². The molecule has 3 heteroatoms. The van der Waals surface area contributed by atoms with Gasteiger partial charge in [0.15, 0.2) is 5.60 Å². The fourth-order valence-corrected chi connectivity index (χ4v) is 2.17. The van der Waals surface area contributed by atoms with E-state index < -0.39 is 11.6 Å². The predicted octanol–water partition coefficient (Wildman–Crippen LogP) is 2.88. The largest absolute Gasteiger partial charge is 0.464 e. The second-order valence-corrected chi connectivity index (χ2v) is 4.62. The first-order valence-electron chi connectivity index (χ1n) is 6.48. The molecule has 0 saturated carbocycles. The average Bonchev–Trinajstić information content (AvgIpc) is 2.37. The van der Waals surface area contributed by atoms with Gasteiger partial charge in [-0.05, 0) is 25.8 Å². The summed E-state index contributed by atoms with van der Waals surface area (Å²) in [5.74, 6) is -0.782. The van der Waals surface area contributed by atoms with E-state index in [-0.39, 0.29) is 12.5 Å². The van der Waals surface area contributed by atoms with Crippen LogP contribution in [-0.2, 0) is 9.53 Å². The van der Waals surface area contributed by atoms with Crippen molar-refractivity contribution in [1.82, 2.24) is 0 Å². The Balaban J connectivity index is 3.01. The summed E-state index contributed by atoms with van der Waals surface area (Å²) >= 11 is 0. The molecule has 0 aliphatic carbocycles. The summed E-state index contributed by atoms with van der Waals surface area (Å²) in [5.41, 5.74) is -0.509. The normalized spacial score (nSPS) is 15.8. The molecule has 1 aromatic carbocycles. The molecule has 0 fully saturated rings. The summed E-state index contributed by atoms with van der Waals surface area (Å²) in [6.07, 6.45) is 1.64. The fraction of sp³-hybridized carbons (Fsp3) is 0.533. The van der Waals surface area contributed by atoms with Crippen molar-refractivity contribution in [2.45, 2.75) is 45.1 Å². The summed E-state index contributed by atoms with van der Waals surface area (Å²) in [6, 6.07) is 9.63. The third-order valence-corrected chi connectivity index (χ3v) is 3.15. The summed E-state index contributed by atoms with van der Waals surface area (Å²) < 4.78 is 4.97. The van der Waals surface area contributed by atoms with E-state index in [1.54, 1.807) is 13.8 Å². The van der Waals surface area contributed by atoms with Crippen LogP contribution in [0.25, 0.3) is 0 Å². The summed E-state index contributed by atoms with van der Waals surface area (Å²) in [7, 11) is 0. The lowest BCUT2D eigenvalue weighted by molar-refractivity contribution is -0.165. The van der Waals surface area contributed by atoms with E-state index in [0.717, 1.165) is 18.4 Å². The van der Waals surface area contributed by atoms with Crippen molar-refractivity contribution >= 4 is 5.97 Å². The van der Waals surface area contributed by atoms with Crippen LogP contribution in [0.4, 0.5) is 0 Å². The van der Waals surface area contributed by atoms with Gasteiger partial charge in [0.2, 0.25) is 0 Å². The van der Waals surface area contributed by atoms with Crippen molar-refractivity contribution in [1.29, 1.82) is 0 Å². The van der Waals surface area contributed by atoms with E-state index in [2.05, 4.69) is 0 Å². The van der Waals surface area contributed by atoms with E-state index >= 15 is 0 Å². The zero-order valence-corrected chi connectivity index (χ0v) is 11.3. The minimum absolute atomic E-state index is 0.234. The lowest BCUT2D eigenvalue weighted by Gasteiger charge is -2.31. The molecule has 2 unspecified atom stereocenters. The van der Waals surface area contributed by atoms with E-state index in [4.69, 9.17) is 4.74 Å². The molecule has 0 aliphatic rings. The van der Waals surface area contributed by atoms with E-state index in [0.29, 0.717) is 0 Å². The Hall–Kier alpha value is -1.35. The van der Waals surface area contributed by atoms with Crippen LogP contribution in [0.1, 0.15) is 45.1 Å².